The van der Waals surface area contributed by atoms with Gasteiger partial charge < -0.3 is 38.3 Å². The minimum atomic E-state index is -1.89. The van der Waals surface area contributed by atoms with Crippen LogP contribution in [0.5, 0.6) is 17.2 Å². The molecular weight excluding hydrogens is 572 g/mol. The topological polar surface area (TPSA) is 136 Å². The van der Waals surface area contributed by atoms with Crippen molar-refractivity contribution in [2.24, 2.45) is 5.92 Å². The molecule has 2 aliphatic heterocycles. The fourth-order valence-electron chi connectivity index (χ4n) is 6.56. The third kappa shape index (κ3) is 4.33. The van der Waals surface area contributed by atoms with Gasteiger partial charge in [0.15, 0.2) is 23.4 Å². The zero-order chi connectivity index (χ0) is 31.4. The van der Waals surface area contributed by atoms with E-state index in [1.165, 1.54) is 40.2 Å². The predicted octanol–water partition coefficient (Wildman–Crippen LogP) is 3.69. The number of carbonyl (C=O) groups is 3. The molecule has 0 amide bonds. The summed E-state index contributed by atoms with van der Waals surface area (Å²) in [7, 11) is 2.73. The molecule has 0 bridgehead atoms. The number of allylic oxidation sites excluding steroid dienone is 1. The van der Waals surface area contributed by atoms with Crippen molar-refractivity contribution in [3.63, 3.8) is 0 Å². The summed E-state index contributed by atoms with van der Waals surface area (Å²) < 4.78 is 41.2. The van der Waals surface area contributed by atoms with Crippen LogP contribution in [0.3, 0.4) is 0 Å². The number of ketones is 1. The van der Waals surface area contributed by atoms with Crippen molar-refractivity contribution in [1.82, 2.24) is 0 Å². The zero-order valence-corrected chi connectivity index (χ0v) is 24.9. The molecule has 1 N–H and O–H groups in total. The van der Waals surface area contributed by atoms with E-state index in [0.717, 1.165) is 5.56 Å². The number of methoxy groups -OCH3 is 2. The van der Waals surface area contributed by atoms with Crippen molar-refractivity contribution in [2.75, 3.05) is 27.6 Å². The third-order valence-corrected chi connectivity index (χ3v) is 8.75. The van der Waals surface area contributed by atoms with Crippen LogP contribution in [0.15, 0.2) is 65.6 Å². The molecule has 44 heavy (non-hydrogen) atoms. The van der Waals surface area contributed by atoms with Crippen LogP contribution in [0, 0.1) is 5.92 Å². The number of carbonyl (C=O) groups excluding carboxylic acids is 3. The Balaban J connectivity index is 1.62. The molecule has 11 heteroatoms. The summed E-state index contributed by atoms with van der Waals surface area (Å²) in [6.45, 7) is 4.14. The van der Waals surface area contributed by atoms with E-state index in [-0.39, 0.29) is 36.2 Å². The molecule has 11 nitrogen and oxygen atoms in total. The van der Waals surface area contributed by atoms with E-state index in [2.05, 4.69) is 0 Å². The maximum absolute atomic E-state index is 13.4. The summed E-state index contributed by atoms with van der Waals surface area (Å²) in [5.41, 5.74) is -1.44. The van der Waals surface area contributed by atoms with Crippen molar-refractivity contribution in [3.05, 3.63) is 82.3 Å². The van der Waals surface area contributed by atoms with E-state index < -0.39 is 46.9 Å². The molecule has 0 aromatic heterocycles. The molecule has 5 atom stereocenters. The van der Waals surface area contributed by atoms with Crippen molar-refractivity contribution < 1.29 is 52.6 Å². The van der Waals surface area contributed by atoms with Gasteiger partial charge in [0.05, 0.1) is 14.2 Å². The molecular formula is C33H32O11. The van der Waals surface area contributed by atoms with Crippen LogP contribution in [0.2, 0.25) is 0 Å². The number of rotatable bonds is 6. The van der Waals surface area contributed by atoms with E-state index >= 15 is 0 Å². The Kier molecular flexibility index (Phi) is 7.16. The monoisotopic (exact) mass is 604 g/mol. The predicted molar refractivity (Wildman–Crippen MR) is 154 cm³/mol. The molecule has 0 unspecified atom stereocenters. The number of hydrogen-bond donors (Lipinski definition) is 1. The van der Waals surface area contributed by atoms with E-state index in [1.807, 2.05) is 30.3 Å². The number of fused-ring (bicyclic) bond motifs is 2. The van der Waals surface area contributed by atoms with Crippen LogP contribution in [0.25, 0.3) is 6.08 Å². The molecule has 230 valence electrons. The first-order chi connectivity index (χ1) is 21.0. The van der Waals surface area contributed by atoms with Crippen LogP contribution in [0.4, 0.5) is 0 Å². The van der Waals surface area contributed by atoms with Gasteiger partial charge in [-0.2, -0.15) is 0 Å². The van der Waals surface area contributed by atoms with Crippen LogP contribution >= 0.6 is 0 Å². The number of esters is 2. The first-order valence-electron chi connectivity index (χ1n) is 14.1. The Morgan fingerprint density at radius 3 is 2.48 bits per heavy atom. The number of aliphatic hydroxyl groups is 1. The van der Waals surface area contributed by atoms with Gasteiger partial charge in [0, 0.05) is 30.0 Å². The van der Waals surface area contributed by atoms with Crippen LogP contribution in [-0.2, 0) is 38.7 Å². The summed E-state index contributed by atoms with van der Waals surface area (Å²) in [4.78, 5) is 39.4. The van der Waals surface area contributed by atoms with E-state index in [9.17, 15) is 19.5 Å². The smallest absolute Gasteiger partial charge is 0.331 e. The number of hydrogen-bond acceptors (Lipinski definition) is 11. The molecule has 0 saturated carbocycles. The second-order valence-corrected chi connectivity index (χ2v) is 11.2. The molecule has 2 heterocycles. The van der Waals surface area contributed by atoms with Gasteiger partial charge >= 0.3 is 11.9 Å². The minimum Gasteiger partial charge on any atom is -0.496 e. The maximum atomic E-state index is 13.4. The van der Waals surface area contributed by atoms with Crippen molar-refractivity contribution in [1.29, 1.82) is 0 Å². The Bertz CT molecular complexity index is 1630. The second kappa shape index (κ2) is 10.7. The highest BCUT2D eigenvalue weighted by molar-refractivity contribution is 6.06. The zero-order valence-electron chi connectivity index (χ0n) is 24.9. The molecule has 2 aromatic carbocycles. The van der Waals surface area contributed by atoms with Crippen molar-refractivity contribution in [3.8, 4) is 17.2 Å². The van der Waals surface area contributed by atoms with E-state index in [0.29, 0.717) is 22.6 Å². The quantitative estimate of drug-likeness (QED) is 0.382. The van der Waals surface area contributed by atoms with Crippen molar-refractivity contribution >= 4 is 23.8 Å². The SMILES string of the molecule is COC1=C(OC)[C@]23COc4c5c(cc(c42)[C@H](OC(=O)/C=C/c2ccccc2)[C@H](C)[C@](C)(O)[C@@H](OC(C)=O)C3=CC1=O)OCO5. The van der Waals surface area contributed by atoms with Gasteiger partial charge in [-0.05, 0) is 36.3 Å². The minimum absolute atomic E-state index is 0.0767. The second-order valence-electron chi connectivity index (χ2n) is 11.2. The number of ether oxygens (including phenoxy) is 7. The van der Waals surface area contributed by atoms with E-state index in [4.69, 9.17) is 33.2 Å². The summed E-state index contributed by atoms with van der Waals surface area (Å²) in [5.74, 6) is -1.87. The fourth-order valence-corrected chi connectivity index (χ4v) is 6.56. The van der Waals surface area contributed by atoms with Gasteiger partial charge in [0.1, 0.15) is 23.7 Å². The lowest BCUT2D eigenvalue weighted by atomic mass is 9.60. The first kappa shape index (κ1) is 29.3. The van der Waals surface area contributed by atoms with Gasteiger partial charge in [-0.25, -0.2) is 4.79 Å². The highest BCUT2D eigenvalue weighted by Crippen LogP contribution is 2.63. The molecule has 0 radical (unpaired) electrons. The summed E-state index contributed by atoms with van der Waals surface area (Å²) >= 11 is 0. The van der Waals surface area contributed by atoms with Crippen molar-refractivity contribution in [2.45, 2.75) is 44.0 Å². The molecule has 0 saturated heterocycles. The van der Waals surface area contributed by atoms with E-state index in [1.54, 1.807) is 19.1 Å². The Labute approximate surface area is 253 Å². The molecule has 4 aliphatic rings. The molecule has 1 spiro atoms. The highest BCUT2D eigenvalue weighted by atomic mass is 16.7. The lowest BCUT2D eigenvalue weighted by molar-refractivity contribution is -0.177. The Morgan fingerprint density at radius 2 is 1.80 bits per heavy atom. The molecule has 2 aliphatic carbocycles. The van der Waals surface area contributed by atoms with Crippen LogP contribution in [0.1, 0.15) is 43.6 Å². The van der Waals surface area contributed by atoms with Gasteiger partial charge in [-0.3, -0.25) is 9.59 Å². The Morgan fingerprint density at radius 1 is 1.05 bits per heavy atom. The maximum Gasteiger partial charge on any atom is 0.331 e. The highest BCUT2D eigenvalue weighted by Gasteiger charge is 2.64. The van der Waals surface area contributed by atoms with Gasteiger partial charge in [-0.1, -0.05) is 37.3 Å². The summed E-state index contributed by atoms with van der Waals surface area (Å²) in [5, 5.41) is 12.3. The normalized spacial score (nSPS) is 28.3. The molecule has 0 fully saturated rings. The summed E-state index contributed by atoms with van der Waals surface area (Å²) in [6, 6.07) is 10.9. The summed E-state index contributed by atoms with van der Waals surface area (Å²) in [6.07, 6.45) is 1.69. The van der Waals surface area contributed by atoms with Gasteiger partial charge in [-0.15, -0.1) is 0 Å². The first-order valence-corrected chi connectivity index (χ1v) is 14.1. The van der Waals surface area contributed by atoms with Gasteiger partial charge in [0.25, 0.3) is 0 Å². The van der Waals surface area contributed by atoms with Crippen LogP contribution in [-0.4, -0.2) is 62.2 Å². The lowest BCUT2D eigenvalue weighted by Gasteiger charge is -2.49. The van der Waals surface area contributed by atoms with Crippen LogP contribution < -0.4 is 14.2 Å². The molecule has 2 aromatic rings. The average molecular weight is 605 g/mol. The third-order valence-electron chi connectivity index (χ3n) is 8.75. The average Bonchev–Trinajstić information content (AvgIpc) is 3.63. The largest absolute Gasteiger partial charge is 0.496 e. The standard InChI is InChI=1S/C33H32O11/c1-17-26(44-24(36)12-11-19-9-7-6-8-10-19)20-13-23-28(42-16-41-23)29-25(20)33(15-40-29)21(30(32(17,3)37)43-18(2)34)14-22(35)27(38-4)31(33)39-5/h6-14,17,26,30,37H,15-16H2,1-5H3/b12-11+/t17-,26+,30-,32-,33-/m0/s1. The lowest BCUT2D eigenvalue weighted by Crippen LogP contribution is -2.57. The fraction of sp³-hybridized carbons (Fsp3) is 0.364. The molecule has 6 rings (SSSR count). The number of benzene rings is 2. The Hall–Kier alpha value is -4.77. The van der Waals surface area contributed by atoms with Gasteiger partial charge in [0.2, 0.25) is 24.1 Å².